The molecule has 1 saturated carbocycles. The summed E-state index contributed by atoms with van der Waals surface area (Å²) in [7, 11) is 0. The number of thioether (sulfide) groups is 1. The molecule has 0 spiro atoms. The molecule has 2 aromatic heterocycles. The molecule has 0 unspecified atom stereocenters. The number of nitrogens with zero attached hydrogens (tertiary/aromatic N) is 2. The van der Waals surface area contributed by atoms with Gasteiger partial charge < -0.3 is 5.32 Å². The summed E-state index contributed by atoms with van der Waals surface area (Å²) in [6.45, 7) is 1.73. The van der Waals surface area contributed by atoms with Gasteiger partial charge in [0.1, 0.15) is 0 Å². The number of amides is 3. The summed E-state index contributed by atoms with van der Waals surface area (Å²) in [5, 5.41) is 14.2. The monoisotopic (exact) mass is 365 g/mol. The number of carbonyl (C=O) groups excluding carboxylic acids is 2. The van der Waals surface area contributed by atoms with E-state index in [-0.39, 0.29) is 11.9 Å². The minimum absolute atomic E-state index is 0.183. The Bertz CT molecular complexity index is 695. The summed E-state index contributed by atoms with van der Waals surface area (Å²) in [6, 6.07) is 3.65. The maximum atomic E-state index is 12.1. The zero-order valence-corrected chi connectivity index (χ0v) is 14.9. The van der Waals surface area contributed by atoms with Crippen molar-refractivity contribution in [2.75, 3.05) is 0 Å². The molecule has 1 atom stereocenters. The lowest BCUT2D eigenvalue weighted by molar-refractivity contribution is -0.119. The van der Waals surface area contributed by atoms with Gasteiger partial charge in [0.05, 0.1) is 10.1 Å². The van der Waals surface area contributed by atoms with E-state index in [1.165, 1.54) is 11.8 Å². The molecule has 0 bridgehead atoms. The van der Waals surface area contributed by atoms with Gasteiger partial charge in [-0.3, -0.25) is 15.2 Å². The summed E-state index contributed by atoms with van der Waals surface area (Å²) in [5.74, 6) is 0.331. The average molecular weight is 365 g/mol. The molecule has 3 N–H and O–H groups in total. The second-order valence-corrected chi connectivity index (χ2v) is 7.90. The number of carbonyl (C=O) groups is 2. The Labute approximate surface area is 148 Å². The minimum atomic E-state index is -0.466. The SMILES string of the molecule is C[C@H](Sc1n[nH]c(-c2cccs2)n1)C(=O)NC(=O)NC1CCCC1. The Morgan fingerprint density at radius 1 is 1.42 bits per heavy atom. The van der Waals surface area contributed by atoms with Gasteiger partial charge in [0, 0.05) is 6.04 Å². The van der Waals surface area contributed by atoms with Crippen molar-refractivity contribution in [1.82, 2.24) is 25.8 Å². The van der Waals surface area contributed by atoms with Gasteiger partial charge in [-0.05, 0) is 31.2 Å². The number of H-pyrrole nitrogens is 1. The van der Waals surface area contributed by atoms with Crippen molar-refractivity contribution in [3.63, 3.8) is 0 Å². The van der Waals surface area contributed by atoms with Crippen LogP contribution in [0.5, 0.6) is 0 Å². The molecule has 7 nitrogen and oxygen atoms in total. The fraction of sp³-hybridized carbons (Fsp3) is 0.467. The first kappa shape index (κ1) is 17.0. The molecule has 0 saturated heterocycles. The first-order chi connectivity index (χ1) is 11.6. The van der Waals surface area contributed by atoms with Crippen LogP contribution >= 0.6 is 23.1 Å². The number of imide groups is 1. The number of urea groups is 1. The van der Waals surface area contributed by atoms with Crippen molar-refractivity contribution in [1.29, 1.82) is 0 Å². The average Bonchev–Trinajstić information content (AvgIpc) is 3.29. The number of hydrogen-bond donors (Lipinski definition) is 3. The van der Waals surface area contributed by atoms with Crippen LogP contribution in [0.15, 0.2) is 22.7 Å². The van der Waals surface area contributed by atoms with E-state index >= 15 is 0 Å². The van der Waals surface area contributed by atoms with Crippen LogP contribution in [0.4, 0.5) is 4.79 Å². The van der Waals surface area contributed by atoms with Crippen LogP contribution < -0.4 is 10.6 Å². The van der Waals surface area contributed by atoms with Crippen LogP contribution in [0, 0.1) is 0 Å². The minimum Gasteiger partial charge on any atom is -0.335 e. The topological polar surface area (TPSA) is 99.8 Å². The second kappa shape index (κ2) is 7.80. The van der Waals surface area contributed by atoms with Gasteiger partial charge in [0.25, 0.3) is 0 Å². The molecule has 0 aromatic carbocycles. The Balaban J connectivity index is 1.49. The van der Waals surface area contributed by atoms with E-state index in [2.05, 4.69) is 25.8 Å². The molecular weight excluding hydrogens is 346 g/mol. The van der Waals surface area contributed by atoms with Gasteiger partial charge in [0.15, 0.2) is 5.82 Å². The summed E-state index contributed by atoms with van der Waals surface area (Å²) in [5.41, 5.74) is 0. The lowest BCUT2D eigenvalue weighted by atomic mass is 10.2. The highest BCUT2D eigenvalue weighted by Gasteiger charge is 2.22. The van der Waals surface area contributed by atoms with Crippen LogP contribution in [0.3, 0.4) is 0 Å². The largest absolute Gasteiger partial charge is 0.335 e. The summed E-state index contributed by atoms with van der Waals surface area (Å²) < 4.78 is 0. The predicted molar refractivity (Wildman–Crippen MR) is 93.9 cm³/mol. The molecule has 2 aromatic rings. The molecule has 1 fully saturated rings. The molecule has 3 rings (SSSR count). The molecule has 24 heavy (non-hydrogen) atoms. The maximum absolute atomic E-state index is 12.1. The Hall–Kier alpha value is -1.87. The van der Waals surface area contributed by atoms with Crippen molar-refractivity contribution in [2.45, 2.75) is 49.1 Å². The van der Waals surface area contributed by atoms with Gasteiger partial charge in [-0.1, -0.05) is 30.7 Å². The maximum Gasteiger partial charge on any atom is 0.321 e. The molecule has 128 valence electrons. The van der Waals surface area contributed by atoms with E-state index in [4.69, 9.17) is 0 Å². The molecule has 2 heterocycles. The highest BCUT2D eigenvalue weighted by atomic mass is 32.2. The van der Waals surface area contributed by atoms with Crippen molar-refractivity contribution in [2.24, 2.45) is 0 Å². The zero-order valence-electron chi connectivity index (χ0n) is 13.2. The second-order valence-electron chi connectivity index (χ2n) is 5.65. The third-order valence-corrected chi connectivity index (χ3v) is 5.64. The van der Waals surface area contributed by atoms with E-state index < -0.39 is 11.3 Å². The van der Waals surface area contributed by atoms with Crippen molar-refractivity contribution >= 4 is 35.0 Å². The van der Waals surface area contributed by atoms with Crippen LogP contribution in [-0.2, 0) is 4.79 Å². The number of nitrogens with one attached hydrogen (secondary N) is 3. The molecule has 1 aliphatic carbocycles. The molecule has 0 aliphatic heterocycles. The quantitative estimate of drug-likeness (QED) is 0.708. The highest BCUT2D eigenvalue weighted by molar-refractivity contribution is 8.00. The zero-order chi connectivity index (χ0) is 16.9. The van der Waals surface area contributed by atoms with Crippen LogP contribution in [0.25, 0.3) is 10.7 Å². The van der Waals surface area contributed by atoms with Crippen molar-refractivity contribution < 1.29 is 9.59 Å². The first-order valence-corrected chi connectivity index (χ1v) is 9.62. The summed E-state index contributed by atoms with van der Waals surface area (Å²) >= 11 is 2.78. The lowest BCUT2D eigenvalue weighted by Crippen LogP contribution is -2.45. The Morgan fingerprint density at radius 2 is 2.21 bits per heavy atom. The third-order valence-electron chi connectivity index (χ3n) is 3.80. The van der Waals surface area contributed by atoms with Gasteiger partial charge in [-0.2, -0.15) is 0 Å². The Morgan fingerprint density at radius 3 is 2.92 bits per heavy atom. The fourth-order valence-electron chi connectivity index (χ4n) is 2.54. The summed E-state index contributed by atoms with van der Waals surface area (Å²) in [4.78, 5) is 29.3. The third kappa shape index (κ3) is 4.35. The summed E-state index contributed by atoms with van der Waals surface area (Å²) in [6.07, 6.45) is 4.22. The van der Waals surface area contributed by atoms with Crippen LogP contribution in [0.1, 0.15) is 32.6 Å². The number of rotatable bonds is 5. The fourth-order valence-corrected chi connectivity index (χ4v) is 3.93. The van der Waals surface area contributed by atoms with Gasteiger partial charge in [-0.25, -0.2) is 9.78 Å². The lowest BCUT2D eigenvalue weighted by Gasteiger charge is -2.14. The van der Waals surface area contributed by atoms with Gasteiger partial charge in [0.2, 0.25) is 11.1 Å². The molecular formula is C15H19N5O2S2. The highest BCUT2D eigenvalue weighted by Crippen LogP contribution is 2.25. The first-order valence-electron chi connectivity index (χ1n) is 7.86. The van der Waals surface area contributed by atoms with Crippen molar-refractivity contribution in [3.8, 4) is 10.7 Å². The predicted octanol–water partition coefficient (Wildman–Crippen LogP) is 2.78. The number of aromatic nitrogens is 3. The van der Waals surface area contributed by atoms with Crippen molar-refractivity contribution in [3.05, 3.63) is 17.5 Å². The molecule has 3 amide bonds. The number of hydrogen-bond acceptors (Lipinski definition) is 6. The molecule has 1 aliphatic rings. The van der Waals surface area contributed by atoms with Crippen LogP contribution in [-0.4, -0.2) is 38.4 Å². The van der Waals surface area contributed by atoms with E-state index in [1.54, 1.807) is 18.3 Å². The van der Waals surface area contributed by atoms with E-state index in [0.717, 1.165) is 30.6 Å². The molecule has 0 radical (unpaired) electrons. The molecule has 9 heteroatoms. The number of thiophene rings is 1. The van der Waals surface area contributed by atoms with Gasteiger partial charge in [-0.15, -0.1) is 16.4 Å². The van der Waals surface area contributed by atoms with Gasteiger partial charge >= 0.3 is 6.03 Å². The van der Waals surface area contributed by atoms with E-state index in [0.29, 0.717) is 11.0 Å². The standard InChI is InChI=1S/C15H19N5O2S2/c1-9(13(21)18-14(22)16-10-5-2-3-6-10)24-15-17-12(19-20-15)11-7-4-8-23-11/h4,7-10H,2-3,5-6H2,1H3,(H,17,19,20)(H2,16,18,21,22)/t9-/m0/s1. The Kier molecular flexibility index (Phi) is 5.52. The van der Waals surface area contributed by atoms with E-state index in [1.807, 2.05) is 17.5 Å². The van der Waals surface area contributed by atoms with Crippen LogP contribution in [0.2, 0.25) is 0 Å². The normalized spacial score (nSPS) is 16.0. The van der Waals surface area contributed by atoms with E-state index in [9.17, 15) is 9.59 Å². The number of aromatic amines is 1. The smallest absolute Gasteiger partial charge is 0.321 e.